The van der Waals surface area contributed by atoms with E-state index in [0.29, 0.717) is 18.0 Å². The van der Waals surface area contributed by atoms with Crippen LogP contribution in [0.25, 0.3) is 0 Å². The van der Waals surface area contributed by atoms with Gasteiger partial charge in [0, 0.05) is 24.6 Å². The van der Waals surface area contributed by atoms with Gasteiger partial charge in [-0.3, -0.25) is 14.9 Å². The smallest absolute Gasteiger partial charge is 0.241 e. The van der Waals surface area contributed by atoms with E-state index >= 15 is 0 Å². The van der Waals surface area contributed by atoms with E-state index in [-0.39, 0.29) is 21.9 Å². The van der Waals surface area contributed by atoms with Crippen LogP contribution in [0.4, 0.5) is 10.8 Å². The zero-order valence-electron chi connectivity index (χ0n) is 18.3. The number of aryl methyl sites for hydroxylation is 2. The first-order chi connectivity index (χ1) is 15.8. The van der Waals surface area contributed by atoms with Crippen molar-refractivity contribution < 1.29 is 18.0 Å². The third-order valence-electron chi connectivity index (χ3n) is 5.53. The summed E-state index contributed by atoms with van der Waals surface area (Å²) in [7, 11) is -3.76. The van der Waals surface area contributed by atoms with Crippen LogP contribution in [0.5, 0.6) is 0 Å². The largest absolute Gasteiger partial charge is 0.311 e. The van der Waals surface area contributed by atoms with Crippen molar-refractivity contribution in [1.29, 1.82) is 0 Å². The molecule has 1 saturated heterocycles. The Labute approximate surface area is 196 Å². The minimum absolute atomic E-state index is 0.0193. The van der Waals surface area contributed by atoms with Crippen molar-refractivity contribution in [3.05, 3.63) is 64.7 Å². The number of benzene rings is 2. The predicted molar refractivity (Wildman–Crippen MR) is 127 cm³/mol. The Morgan fingerprint density at radius 3 is 2.61 bits per heavy atom. The third kappa shape index (κ3) is 5.12. The number of hydrogen-bond donors (Lipinski definition) is 1. The molecule has 0 aliphatic carbocycles. The van der Waals surface area contributed by atoms with Crippen molar-refractivity contribution in [3.63, 3.8) is 0 Å². The first-order valence-corrected chi connectivity index (χ1v) is 13.0. The summed E-state index contributed by atoms with van der Waals surface area (Å²) in [6.45, 7) is 4.39. The topological polar surface area (TPSA) is 109 Å². The van der Waals surface area contributed by atoms with Gasteiger partial charge in [-0.05, 0) is 37.1 Å². The summed E-state index contributed by atoms with van der Waals surface area (Å²) in [4.78, 5) is 26.9. The van der Waals surface area contributed by atoms with Crippen LogP contribution >= 0.6 is 11.3 Å². The second-order valence-corrected chi connectivity index (χ2v) is 11.0. The highest BCUT2D eigenvalue weighted by atomic mass is 32.2. The normalized spacial score (nSPS) is 16.2. The molecule has 0 bridgehead atoms. The van der Waals surface area contributed by atoms with Crippen molar-refractivity contribution in [3.8, 4) is 0 Å². The van der Waals surface area contributed by atoms with Gasteiger partial charge in [0.15, 0.2) is 9.84 Å². The predicted octanol–water partition coefficient (Wildman–Crippen LogP) is 3.34. The minimum Gasteiger partial charge on any atom is -0.311 e. The van der Waals surface area contributed by atoms with E-state index in [0.717, 1.165) is 34.6 Å². The highest BCUT2D eigenvalue weighted by molar-refractivity contribution is 7.92. The molecule has 1 aliphatic rings. The van der Waals surface area contributed by atoms with Gasteiger partial charge in [-0.1, -0.05) is 54.2 Å². The maximum Gasteiger partial charge on any atom is 0.241 e. The number of nitrogens with one attached hydrogen (secondary N) is 1. The van der Waals surface area contributed by atoms with Crippen molar-refractivity contribution in [2.75, 3.05) is 22.5 Å². The fourth-order valence-corrected chi connectivity index (χ4v) is 5.77. The lowest BCUT2D eigenvalue weighted by Crippen LogP contribution is -2.25. The average Bonchev–Trinajstić information content (AvgIpc) is 3.40. The zero-order chi connectivity index (χ0) is 23.6. The quantitative estimate of drug-likeness (QED) is 0.551. The average molecular weight is 485 g/mol. The van der Waals surface area contributed by atoms with Crippen LogP contribution in [0.2, 0.25) is 0 Å². The van der Waals surface area contributed by atoms with Gasteiger partial charge in [0.1, 0.15) is 10.8 Å². The number of hydrogen-bond acceptors (Lipinski definition) is 7. The Hall–Kier alpha value is -3.11. The number of carbonyl (C=O) groups is 2. The van der Waals surface area contributed by atoms with Crippen molar-refractivity contribution in [2.24, 2.45) is 0 Å². The van der Waals surface area contributed by atoms with Gasteiger partial charge in [-0.25, -0.2) is 8.42 Å². The van der Waals surface area contributed by atoms with Gasteiger partial charge in [-0.15, -0.1) is 10.2 Å². The molecule has 1 aromatic heterocycles. The Bertz CT molecular complexity index is 1290. The number of carbonyl (C=O) groups excluding carboxylic acids is 2. The van der Waals surface area contributed by atoms with Crippen LogP contribution in [0.1, 0.15) is 35.4 Å². The van der Waals surface area contributed by atoms with E-state index < -0.39 is 21.5 Å². The van der Waals surface area contributed by atoms with E-state index in [2.05, 4.69) is 22.4 Å². The fraction of sp³-hybridized carbons (Fsp3) is 0.304. The molecule has 2 aromatic carbocycles. The molecule has 1 atom stereocenters. The molecule has 0 unspecified atom stereocenters. The summed E-state index contributed by atoms with van der Waals surface area (Å²) in [6.07, 6.45) is 1.13. The summed E-state index contributed by atoms with van der Waals surface area (Å²) in [6, 6.07) is 14.2. The fourth-order valence-electron chi connectivity index (χ4n) is 3.79. The third-order valence-corrected chi connectivity index (χ3v) is 8.16. The van der Waals surface area contributed by atoms with Gasteiger partial charge >= 0.3 is 0 Å². The van der Waals surface area contributed by atoms with E-state index in [9.17, 15) is 18.0 Å². The second-order valence-electron chi connectivity index (χ2n) is 7.95. The number of aromatic nitrogens is 2. The van der Waals surface area contributed by atoms with Gasteiger partial charge in [0.25, 0.3) is 0 Å². The number of para-hydroxylation sites is 1. The molecule has 1 fully saturated rings. The summed E-state index contributed by atoms with van der Waals surface area (Å²) in [5.41, 5.74) is 2.94. The summed E-state index contributed by atoms with van der Waals surface area (Å²) in [5.74, 6) is -1.49. The monoisotopic (exact) mass is 484 g/mol. The lowest BCUT2D eigenvalue weighted by Gasteiger charge is -2.19. The van der Waals surface area contributed by atoms with Gasteiger partial charge in [0.05, 0.1) is 4.90 Å². The van der Waals surface area contributed by atoms with Gasteiger partial charge in [-0.2, -0.15) is 0 Å². The van der Waals surface area contributed by atoms with E-state index in [1.165, 1.54) is 12.1 Å². The van der Waals surface area contributed by atoms with Crippen LogP contribution in [0.15, 0.2) is 53.4 Å². The minimum atomic E-state index is -3.76. The molecule has 3 aromatic rings. The molecule has 8 nitrogen and oxygen atoms in total. The SMILES string of the molecule is CCc1ccccc1N1C[C@@H](c2nnc(NC(=O)CS(=O)(=O)c3ccc(C)cc3)s2)CC1=O. The molecule has 2 amide bonds. The Morgan fingerprint density at radius 1 is 1.15 bits per heavy atom. The van der Waals surface area contributed by atoms with Crippen molar-refractivity contribution in [2.45, 2.75) is 37.5 Å². The van der Waals surface area contributed by atoms with Crippen molar-refractivity contribution >= 4 is 43.8 Å². The molecular formula is C23H24N4O4S2. The number of rotatable bonds is 7. The molecular weight excluding hydrogens is 460 g/mol. The first-order valence-electron chi connectivity index (χ1n) is 10.6. The van der Waals surface area contributed by atoms with Gasteiger partial charge < -0.3 is 4.90 Å². The molecule has 0 spiro atoms. The Morgan fingerprint density at radius 2 is 1.88 bits per heavy atom. The lowest BCUT2D eigenvalue weighted by atomic mass is 10.1. The number of nitrogens with zero attached hydrogens (tertiary/aromatic N) is 3. The van der Waals surface area contributed by atoms with Crippen LogP contribution < -0.4 is 10.2 Å². The number of anilines is 2. The molecule has 2 heterocycles. The zero-order valence-corrected chi connectivity index (χ0v) is 19.9. The molecule has 0 saturated carbocycles. The molecule has 10 heteroatoms. The second kappa shape index (κ2) is 9.40. The molecule has 4 rings (SSSR count). The van der Waals surface area contributed by atoms with E-state index in [4.69, 9.17) is 0 Å². The first kappa shape index (κ1) is 23.1. The van der Waals surface area contributed by atoms with Gasteiger partial charge in [0.2, 0.25) is 16.9 Å². The Kier molecular flexibility index (Phi) is 6.57. The molecule has 0 radical (unpaired) electrons. The number of sulfone groups is 1. The molecule has 1 N–H and O–H groups in total. The molecule has 172 valence electrons. The number of amides is 2. The van der Waals surface area contributed by atoms with E-state index in [1.54, 1.807) is 17.0 Å². The Balaban J connectivity index is 1.41. The van der Waals surface area contributed by atoms with Crippen LogP contribution in [0.3, 0.4) is 0 Å². The highest BCUT2D eigenvalue weighted by Gasteiger charge is 2.34. The standard InChI is InChI=1S/C23H24N4O4S2/c1-3-16-6-4-5-7-19(16)27-13-17(12-21(27)29)22-25-26-23(32-22)24-20(28)14-33(30,31)18-10-8-15(2)9-11-18/h4-11,17H,3,12-14H2,1-2H3,(H,24,26,28)/t17-/m0/s1. The van der Waals surface area contributed by atoms with Crippen LogP contribution in [0, 0.1) is 6.92 Å². The van der Waals surface area contributed by atoms with Crippen molar-refractivity contribution in [1.82, 2.24) is 10.2 Å². The lowest BCUT2D eigenvalue weighted by molar-refractivity contribution is -0.117. The summed E-state index contributed by atoms with van der Waals surface area (Å²) >= 11 is 1.16. The molecule has 33 heavy (non-hydrogen) atoms. The van der Waals surface area contributed by atoms with Crippen LogP contribution in [-0.2, 0) is 25.8 Å². The highest BCUT2D eigenvalue weighted by Crippen LogP contribution is 2.35. The summed E-state index contributed by atoms with van der Waals surface area (Å²) < 4.78 is 25.0. The maximum atomic E-state index is 12.7. The maximum absolute atomic E-state index is 12.7. The molecule has 1 aliphatic heterocycles. The van der Waals surface area contributed by atoms with E-state index in [1.807, 2.05) is 31.2 Å². The van der Waals surface area contributed by atoms with Crippen LogP contribution in [-0.4, -0.2) is 42.7 Å². The summed E-state index contributed by atoms with van der Waals surface area (Å²) in [5, 5.41) is 11.5.